The van der Waals surface area contributed by atoms with Crippen LogP contribution in [0.1, 0.15) is 24.0 Å². The number of anilines is 1. The van der Waals surface area contributed by atoms with Crippen molar-refractivity contribution in [1.82, 2.24) is 15.3 Å². The SMILES string of the molecule is Cl.c1ccc(C2(c3cnc(N4CCNCC4)nc3)CC2)cc1. The average Bonchev–Trinajstić information content (AvgIpc) is 3.39. The maximum absolute atomic E-state index is 4.62. The van der Waals surface area contributed by atoms with Crippen LogP contribution in [0.2, 0.25) is 0 Å². The van der Waals surface area contributed by atoms with Gasteiger partial charge in [0.2, 0.25) is 5.95 Å². The number of hydrogen-bond acceptors (Lipinski definition) is 4. The lowest BCUT2D eigenvalue weighted by Crippen LogP contribution is -2.44. The lowest BCUT2D eigenvalue weighted by atomic mass is 9.90. The van der Waals surface area contributed by atoms with Crippen molar-refractivity contribution in [1.29, 1.82) is 0 Å². The molecule has 5 heteroatoms. The molecule has 1 saturated carbocycles. The first-order valence-electron chi connectivity index (χ1n) is 7.72. The lowest BCUT2D eigenvalue weighted by molar-refractivity contribution is 0.579. The molecule has 0 amide bonds. The molecule has 2 fully saturated rings. The minimum Gasteiger partial charge on any atom is -0.338 e. The second-order valence-electron chi connectivity index (χ2n) is 5.96. The van der Waals surface area contributed by atoms with Crippen molar-refractivity contribution in [2.75, 3.05) is 31.1 Å². The molecule has 4 rings (SSSR count). The highest BCUT2D eigenvalue weighted by Crippen LogP contribution is 2.53. The van der Waals surface area contributed by atoms with Crippen molar-refractivity contribution in [3.05, 3.63) is 53.9 Å². The molecule has 1 saturated heterocycles. The van der Waals surface area contributed by atoms with Crippen LogP contribution in [0.3, 0.4) is 0 Å². The van der Waals surface area contributed by atoms with Crippen LogP contribution in [-0.2, 0) is 5.41 Å². The number of nitrogens with one attached hydrogen (secondary N) is 1. The highest BCUT2D eigenvalue weighted by atomic mass is 35.5. The van der Waals surface area contributed by atoms with Gasteiger partial charge in [-0.3, -0.25) is 0 Å². The Kier molecular flexibility index (Phi) is 4.32. The van der Waals surface area contributed by atoms with Gasteiger partial charge in [0, 0.05) is 44.0 Å². The van der Waals surface area contributed by atoms with Crippen LogP contribution in [0.15, 0.2) is 42.7 Å². The van der Waals surface area contributed by atoms with Gasteiger partial charge in [0.15, 0.2) is 0 Å². The van der Waals surface area contributed by atoms with Gasteiger partial charge in [-0.1, -0.05) is 30.3 Å². The number of hydrogen-bond donors (Lipinski definition) is 1. The largest absolute Gasteiger partial charge is 0.338 e. The van der Waals surface area contributed by atoms with Gasteiger partial charge in [0.05, 0.1) is 0 Å². The molecule has 0 atom stereocenters. The summed E-state index contributed by atoms with van der Waals surface area (Å²) in [5.74, 6) is 0.865. The van der Waals surface area contributed by atoms with E-state index in [0.29, 0.717) is 0 Å². The van der Waals surface area contributed by atoms with E-state index in [1.165, 1.54) is 24.0 Å². The van der Waals surface area contributed by atoms with Gasteiger partial charge in [-0.25, -0.2) is 9.97 Å². The molecule has 22 heavy (non-hydrogen) atoms. The van der Waals surface area contributed by atoms with Gasteiger partial charge in [-0.15, -0.1) is 12.4 Å². The number of rotatable bonds is 3. The summed E-state index contributed by atoms with van der Waals surface area (Å²) in [6, 6.07) is 10.7. The van der Waals surface area contributed by atoms with E-state index < -0.39 is 0 Å². The minimum absolute atomic E-state index is 0. The summed E-state index contributed by atoms with van der Waals surface area (Å²) in [5.41, 5.74) is 2.82. The molecule has 4 nitrogen and oxygen atoms in total. The van der Waals surface area contributed by atoms with E-state index in [-0.39, 0.29) is 17.8 Å². The Labute approximate surface area is 137 Å². The summed E-state index contributed by atoms with van der Waals surface area (Å²) in [6.45, 7) is 4.00. The Bertz CT molecular complexity index is 604. The van der Waals surface area contributed by atoms with Crippen molar-refractivity contribution in [2.24, 2.45) is 0 Å². The topological polar surface area (TPSA) is 41.1 Å². The molecule has 0 spiro atoms. The second-order valence-corrected chi connectivity index (χ2v) is 5.96. The van der Waals surface area contributed by atoms with E-state index in [4.69, 9.17) is 0 Å². The number of piperazine rings is 1. The summed E-state index contributed by atoms with van der Waals surface area (Å²) in [5, 5.41) is 3.35. The monoisotopic (exact) mass is 316 g/mol. The molecule has 2 aliphatic rings. The first kappa shape index (κ1) is 15.3. The first-order valence-corrected chi connectivity index (χ1v) is 7.72. The molecule has 2 heterocycles. The zero-order valence-electron chi connectivity index (χ0n) is 12.5. The molecule has 1 aromatic heterocycles. The van der Waals surface area contributed by atoms with Crippen LogP contribution in [0.25, 0.3) is 0 Å². The minimum atomic E-state index is 0. The highest BCUT2D eigenvalue weighted by molar-refractivity contribution is 5.85. The molecule has 1 N–H and O–H groups in total. The summed E-state index contributed by atoms with van der Waals surface area (Å²) < 4.78 is 0. The Hall–Kier alpha value is -1.65. The molecular formula is C17H21ClN4. The van der Waals surface area contributed by atoms with Gasteiger partial charge in [-0.2, -0.15) is 0 Å². The van der Waals surface area contributed by atoms with Crippen LogP contribution < -0.4 is 10.2 Å². The van der Waals surface area contributed by atoms with E-state index in [1.54, 1.807) is 0 Å². The Balaban J connectivity index is 0.00000144. The molecule has 0 radical (unpaired) electrons. The van der Waals surface area contributed by atoms with E-state index >= 15 is 0 Å². The number of benzene rings is 1. The average molecular weight is 317 g/mol. The number of aromatic nitrogens is 2. The Morgan fingerprint density at radius 3 is 2.14 bits per heavy atom. The maximum Gasteiger partial charge on any atom is 0.225 e. The molecule has 0 bridgehead atoms. The molecule has 1 aliphatic carbocycles. The quantitative estimate of drug-likeness (QED) is 0.944. The van der Waals surface area contributed by atoms with E-state index in [0.717, 1.165) is 32.1 Å². The number of halogens is 1. The second kappa shape index (κ2) is 6.23. The van der Waals surface area contributed by atoms with E-state index in [9.17, 15) is 0 Å². The van der Waals surface area contributed by atoms with Crippen molar-refractivity contribution in [3.63, 3.8) is 0 Å². The molecular weight excluding hydrogens is 296 g/mol. The smallest absolute Gasteiger partial charge is 0.225 e. The van der Waals surface area contributed by atoms with Crippen LogP contribution in [0.4, 0.5) is 5.95 Å². The standard InChI is InChI=1S/C17H20N4.ClH/c1-2-4-14(5-3-1)17(6-7-17)15-12-19-16(20-13-15)21-10-8-18-9-11-21;/h1-5,12-13,18H,6-11H2;1H. The van der Waals surface area contributed by atoms with Crippen molar-refractivity contribution >= 4 is 18.4 Å². The molecule has 1 aliphatic heterocycles. The van der Waals surface area contributed by atoms with Crippen LogP contribution >= 0.6 is 12.4 Å². The Morgan fingerprint density at radius 2 is 1.55 bits per heavy atom. The number of nitrogens with zero attached hydrogens (tertiary/aromatic N) is 3. The molecule has 116 valence electrons. The third-order valence-corrected chi connectivity index (χ3v) is 4.67. The van der Waals surface area contributed by atoms with Gasteiger partial charge < -0.3 is 10.2 Å². The van der Waals surface area contributed by atoms with Gasteiger partial charge >= 0.3 is 0 Å². The summed E-state index contributed by atoms with van der Waals surface area (Å²) in [4.78, 5) is 11.5. The predicted molar refractivity (Wildman–Crippen MR) is 90.8 cm³/mol. The fourth-order valence-corrected chi connectivity index (χ4v) is 3.22. The third kappa shape index (κ3) is 2.69. The van der Waals surface area contributed by atoms with Crippen molar-refractivity contribution < 1.29 is 0 Å². The fourth-order valence-electron chi connectivity index (χ4n) is 3.22. The fraction of sp³-hybridized carbons (Fsp3) is 0.412. The zero-order valence-corrected chi connectivity index (χ0v) is 13.4. The predicted octanol–water partition coefficient (Wildman–Crippen LogP) is 2.39. The Morgan fingerprint density at radius 1 is 0.909 bits per heavy atom. The van der Waals surface area contributed by atoms with Gasteiger partial charge in [0.25, 0.3) is 0 Å². The van der Waals surface area contributed by atoms with Crippen LogP contribution in [0.5, 0.6) is 0 Å². The summed E-state index contributed by atoms with van der Waals surface area (Å²) in [6.07, 6.45) is 6.47. The molecule has 2 aromatic rings. The lowest BCUT2D eigenvalue weighted by Gasteiger charge is -2.27. The van der Waals surface area contributed by atoms with Gasteiger partial charge in [0.1, 0.15) is 0 Å². The molecule has 0 unspecified atom stereocenters. The van der Waals surface area contributed by atoms with E-state index in [2.05, 4.69) is 50.5 Å². The van der Waals surface area contributed by atoms with Crippen molar-refractivity contribution in [2.45, 2.75) is 18.3 Å². The zero-order chi connectivity index (χ0) is 14.1. The van der Waals surface area contributed by atoms with Crippen LogP contribution in [-0.4, -0.2) is 36.1 Å². The first-order chi connectivity index (χ1) is 10.4. The highest BCUT2D eigenvalue weighted by Gasteiger charge is 2.46. The van der Waals surface area contributed by atoms with E-state index in [1.807, 2.05) is 12.4 Å². The summed E-state index contributed by atoms with van der Waals surface area (Å²) in [7, 11) is 0. The normalized spacial score (nSPS) is 19.4. The maximum atomic E-state index is 4.62. The van der Waals surface area contributed by atoms with Crippen molar-refractivity contribution in [3.8, 4) is 0 Å². The molecule has 1 aromatic carbocycles. The van der Waals surface area contributed by atoms with Gasteiger partial charge in [-0.05, 0) is 24.0 Å². The summed E-state index contributed by atoms with van der Waals surface area (Å²) >= 11 is 0. The third-order valence-electron chi connectivity index (χ3n) is 4.67. The van der Waals surface area contributed by atoms with Crippen LogP contribution in [0, 0.1) is 0 Å².